The first-order valence-electron chi connectivity index (χ1n) is 7.47. The lowest BCUT2D eigenvalue weighted by Gasteiger charge is -2.08. The molecule has 25 heavy (non-hydrogen) atoms. The number of methoxy groups -OCH3 is 1. The van der Waals surface area contributed by atoms with Crippen molar-refractivity contribution in [2.45, 2.75) is 12.2 Å². The number of nitrogens with two attached hydrogens (primary N) is 1. The molecule has 1 amide bonds. The number of nitrogens with zero attached hydrogens (tertiary/aromatic N) is 2. The highest BCUT2D eigenvalue weighted by Crippen LogP contribution is 2.20. The summed E-state index contributed by atoms with van der Waals surface area (Å²) in [7, 11) is -1.69. The molecule has 0 radical (unpaired) electrons. The van der Waals surface area contributed by atoms with E-state index in [1.807, 2.05) is 0 Å². The third-order valence-electron chi connectivity index (χ3n) is 3.17. The molecule has 2 aromatic rings. The summed E-state index contributed by atoms with van der Waals surface area (Å²) in [4.78, 5) is 20.0. The SMILES string of the molecule is COCCC(=O)Nc1ccc(-c2nc(N)cc(CS(C)(=O)=O)n2)cc1. The lowest BCUT2D eigenvalue weighted by Crippen LogP contribution is -2.13. The second-order valence-electron chi connectivity index (χ2n) is 5.55. The molecule has 1 aromatic heterocycles. The molecule has 0 fully saturated rings. The predicted octanol–water partition coefficient (Wildman–Crippen LogP) is 1.25. The van der Waals surface area contributed by atoms with E-state index in [0.717, 1.165) is 6.26 Å². The van der Waals surface area contributed by atoms with Crippen molar-refractivity contribution in [3.8, 4) is 11.4 Å². The summed E-state index contributed by atoms with van der Waals surface area (Å²) in [5.74, 6) is 0.169. The van der Waals surface area contributed by atoms with Crippen molar-refractivity contribution in [3.63, 3.8) is 0 Å². The van der Waals surface area contributed by atoms with Crippen molar-refractivity contribution in [1.82, 2.24) is 9.97 Å². The average molecular weight is 364 g/mol. The van der Waals surface area contributed by atoms with E-state index in [4.69, 9.17) is 10.5 Å². The Kier molecular flexibility index (Phi) is 6.05. The van der Waals surface area contributed by atoms with Crippen LogP contribution in [-0.2, 0) is 25.1 Å². The zero-order valence-corrected chi connectivity index (χ0v) is 14.8. The van der Waals surface area contributed by atoms with Gasteiger partial charge in [-0.15, -0.1) is 0 Å². The van der Waals surface area contributed by atoms with E-state index in [0.29, 0.717) is 29.4 Å². The van der Waals surface area contributed by atoms with Gasteiger partial charge in [-0.25, -0.2) is 18.4 Å². The maximum Gasteiger partial charge on any atom is 0.226 e. The molecule has 0 aliphatic rings. The summed E-state index contributed by atoms with van der Waals surface area (Å²) < 4.78 is 27.7. The summed E-state index contributed by atoms with van der Waals surface area (Å²) in [5.41, 5.74) is 7.37. The molecule has 0 aliphatic carbocycles. The number of sulfone groups is 1. The molecule has 134 valence electrons. The largest absolute Gasteiger partial charge is 0.384 e. The van der Waals surface area contributed by atoms with Crippen LogP contribution in [0.4, 0.5) is 11.5 Å². The van der Waals surface area contributed by atoms with Gasteiger partial charge in [0.25, 0.3) is 0 Å². The maximum atomic E-state index is 11.7. The minimum Gasteiger partial charge on any atom is -0.384 e. The summed E-state index contributed by atoms with van der Waals surface area (Å²) in [6.45, 7) is 0.351. The molecule has 0 spiro atoms. The van der Waals surface area contributed by atoms with Crippen LogP contribution in [-0.4, -0.2) is 44.3 Å². The highest BCUT2D eigenvalue weighted by Gasteiger charge is 2.11. The fourth-order valence-electron chi connectivity index (χ4n) is 2.11. The lowest BCUT2D eigenvalue weighted by atomic mass is 10.2. The summed E-state index contributed by atoms with van der Waals surface area (Å²) in [5, 5.41) is 2.75. The van der Waals surface area contributed by atoms with E-state index >= 15 is 0 Å². The Bertz CT molecular complexity index is 851. The van der Waals surface area contributed by atoms with Gasteiger partial charge >= 0.3 is 0 Å². The second kappa shape index (κ2) is 8.04. The van der Waals surface area contributed by atoms with E-state index in [-0.39, 0.29) is 23.9 Å². The van der Waals surface area contributed by atoms with Crippen LogP contribution in [0.5, 0.6) is 0 Å². The molecule has 9 heteroatoms. The van der Waals surface area contributed by atoms with E-state index < -0.39 is 9.84 Å². The fourth-order valence-corrected chi connectivity index (χ4v) is 2.80. The molecule has 8 nitrogen and oxygen atoms in total. The van der Waals surface area contributed by atoms with Crippen molar-refractivity contribution in [2.75, 3.05) is 31.0 Å². The van der Waals surface area contributed by atoms with Gasteiger partial charge in [-0.05, 0) is 24.3 Å². The smallest absolute Gasteiger partial charge is 0.226 e. The number of nitrogens with one attached hydrogen (secondary N) is 1. The molecule has 1 heterocycles. The topological polar surface area (TPSA) is 124 Å². The highest BCUT2D eigenvalue weighted by molar-refractivity contribution is 7.89. The Morgan fingerprint density at radius 1 is 1.24 bits per heavy atom. The quantitative estimate of drug-likeness (QED) is 0.757. The average Bonchev–Trinajstić information content (AvgIpc) is 2.51. The molecule has 0 atom stereocenters. The Morgan fingerprint density at radius 2 is 1.92 bits per heavy atom. The van der Waals surface area contributed by atoms with Gasteiger partial charge in [-0.2, -0.15) is 0 Å². The first-order chi connectivity index (χ1) is 11.8. The molecule has 0 bridgehead atoms. The number of carbonyl (C=O) groups excluding carboxylic acids is 1. The van der Waals surface area contributed by atoms with Gasteiger partial charge < -0.3 is 15.8 Å². The van der Waals surface area contributed by atoms with Crippen LogP contribution >= 0.6 is 0 Å². The molecule has 0 saturated carbocycles. The Balaban J connectivity index is 2.18. The van der Waals surface area contributed by atoms with Crippen molar-refractivity contribution in [2.24, 2.45) is 0 Å². The molecule has 0 saturated heterocycles. The molecule has 0 aliphatic heterocycles. The number of amides is 1. The number of nitrogen functional groups attached to an aromatic ring is 1. The standard InChI is InChI=1S/C16H20N4O4S/c1-24-8-7-15(21)18-12-5-3-11(4-6-12)16-19-13(9-14(17)20-16)10-25(2,22)23/h3-6,9H,7-8,10H2,1-2H3,(H,18,21)(H2,17,19,20). The molecule has 2 rings (SSSR count). The minimum absolute atomic E-state index is 0.148. The van der Waals surface area contributed by atoms with Gasteiger partial charge in [-0.1, -0.05) is 0 Å². The van der Waals surface area contributed by atoms with Crippen molar-refractivity contribution in [1.29, 1.82) is 0 Å². The summed E-state index contributed by atoms with van der Waals surface area (Å²) in [6, 6.07) is 8.32. The van der Waals surface area contributed by atoms with Crippen molar-refractivity contribution in [3.05, 3.63) is 36.0 Å². The minimum atomic E-state index is -3.22. The normalized spacial score (nSPS) is 11.3. The maximum absolute atomic E-state index is 11.7. The van der Waals surface area contributed by atoms with E-state index in [1.54, 1.807) is 24.3 Å². The fraction of sp³-hybridized carbons (Fsp3) is 0.312. The number of anilines is 2. The summed E-state index contributed by atoms with van der Waals surface area (Å²) >= 11 is 0. The van der Waals surface area contributed by atoms with Gasteiger partial charge in [0.1, 0.15) is 5.82 Å². The number of aromatic nitrogens is 2. The van der Waals surface area contributed by atoms with E-state index in [1.165, 1.54) is 13.2 Å². The van der Waals surface area contributed by atoms with Crippen LogP contribution in [0.3, 0.4) is 0 Å². The number of ether oxygens (including phenoxy) is 1. The molecule has 3 N–H and O–H groups in total. The van der Waals surface area contributed by atoms with E-state index in [9.17, 15) is 13.2 Å². The lowest BCUT2D eigenvalue weighted by molar-refractivity contribution is -0.117. The van der Waals surface area contributed by atoms with Gasteiger partial charge in [0.15, 0.2) is 15.7 Å². The van der Waals surface area contributed by atoms with Crippen LogP contribution in [0.2, 0.25) is 0 Å². The van der Waals surface area contributed by atoms with Crippen molar-refractivity contribution >= 4 is 27.2 Å². The zero-order chi connectivity index (χ0) is 18.4. The second-order valence-corrected chi connectivity index (χ2v) is 7.69. The Morgan fingerprint density at radius 3 is 2.52 bits per heavy atom. The number of hydrogen-bond acceptors (Lipinski definition) is 7. The molecule has 1 aromatic carbocycles. The Hall–Kier alpha value is -2.52. The Labute approximate surface area is 146 Å². The van der Waals surface area contributed by atoms with Crippen LogP contribution in [0.1, 0.15) is 12.1 Å². The number of rotatable bonds is 7. The monoisotopic (exact) mass is 364 g/mol. The first-order valence-corrected chi connectivity index (χ1v) is 9.53. The van der Waals surface area contributed by atoms with Gasteiger partial charge in [0.2, 0.25) is 5.91 Å². The van der Waals surface area contributed by atoms with Crippen LogP contribution in [0.15, 0.2) is 30.3 Å². The molecular weight excluding hydrogens is 344 g/mol. The third kappa shape index (κ3) is 6.12. The third-order valence-corrected chi connectivity index (χ3v) is 3.99. The number of hydrogen-bond donors (Lipinski definition) is 2. The number of carbonyl (C=O) groups is 1. The van der Waals surface area contributed by atoms with Crippen LogP contribution in [0, 0.1) is 0 Å². The van der Waals surface area contributed by atoms with Crippen LogP contribution in [0.25, 0.3) is 11.4 Å². The van der Waals surface area contributed by atoms with E-state index in [2.05, 4.69) is 15.3 Å². The first kappa shape index (κ1) is 18.8. The van der Waals surface area contributed by atoms with Gasteiger partial charge in [0, 0.05) is 30.7 Å². The van der Waals surface area contributed by atoms with Gasteiger partial charge in [0.05, 0.1) is 24.5 Å². The van der Waals surface area contributed by atoms with Crippen LogP contribution < -0.4 is 11.1 Å². The number of benzene rings is 1. The molecular formula is C16H20N4O4S. The van der Waals surface area contributed by atoms with Crippen molar-refractivity contribution < 1.29 is 17.9 Å². The summed E-state index contributed by atoms with van der Waals surface area (Å²) in [6.07, 6.45) is 1.40. The predicted molar refractivity (Wildman–Crippen MR) is 95.6 cm³/mol. The molecule has 0 unspecified atom stereocenters. The zero-order valence-electron chi connectivity index (χ0n) is 14.0. The van der Waals surface area contributed by atoms with Gasteiger partial charge in [-0.3, -0.25) is 4.79 Å². The highest BCUT2D eigenvalue weighted by atomic mass is 32.2.